The third-order valence-electron chi connectivity index (χ3n) is 6.60. The predicted octanol–water partition coefficient (Wildman–Crippen LogP) is 3.57. The van der Waals surface area contributed by atoms with Crippen LogP contribution in [0.2, 0.25) is 0 Å². The Bertz CT molecular complexity index is 1220. The maximum absolute atomic E-state index is 14.4. The van der Waals surface area contributed by atoms with Gasteiger partial charge in [-0.1, -0.05) is 24.3 Å². The van der Waals surface area contributed by atoms with Crippen LogP contribution in [0.1, 0.15) is 22.9 Å². The number of hydrogen-bond acceptors (Lipinski definition) is 6. The van der Waals surface area contributed by atoms with Gasteiger partial charge in [0.15, 0.2) is 0 Å². The van der Waals surface area contributed by atoms with Crippen molar-refractivity contribution < 1.29 is 19.0 Å². The highest BCUT2D eigenvalue weighted by Gasteiger charge is 2.32. The second kappa shape index (κ2) is 10.9. The molecule has 0 bridgehead atoms. The molecule has 0 radical (unpaired) electrons. The number of piperazine rings is 1. The molecule has 2 heterocycles. The summed E-state index contributed by atoms with van der Waals surface area (Å²) in [5.74, 6) is 0.386. The zero-order valence-electron chi connectivity index (χ0n) is 20.4. The number of aryl methyl sites for hydroxylation is 1. The molecular weight excluding hydrogens is 449 g/mol. The van der Waals surface area contributed by atoms with Gasteiger partial charge in [-0.15, -0.1) is 0 Å². The summed E-state index contributed by atoms with van der Waals surface area (Å²) < 4.78 is 26.7. The molecule has 1 aromatic heterocycles. The Morgan fingerprint density at radius 2 is 1.77 bits per heavy atom. The average Bonchev–Trinajstić information content (AvgIpc) is 2.87. The first kappa shape index (κ1) is 24.8. The van der Waals surface area contributed by atoms with Gasteiger partial charge in [0.1, 0.15) is 17.3 Å². The molecule has 1 atom stereocenters. The van der Waals surface area contributed by atoms with Crippen molar-refractivity contribution in [1.82, 2.24) is 9.47 Å². The molecule has 4 rings (SSSR count). The minimum absolute atomic E-state index is 0.0366. The molecule has 2 aromatic carbocycles. The van der Waals surface area contributed by atoms with Crippen LogP contribution in [0.15, 0.2) is 59.4 Å². The van der Waals surface area contributed by atoms with Gasteiger partial charge < -0.3 is 24.0 Å². The van der Waals surface area contributed by atoms with Crippen molar-refractivity contribution in [1.29, 1.82) is 0 Å². The molecule has 8 heteroatoms. The van der Waals surface area contributed by atoms with E-state index in [0.29, 0.717) is 62.0 Å². The normalized spacial score (nSPS) is 15.3. The second-order valence-electron chi connectivity index (χ2n) is 8.69. The predicted molar refractivity (Wildman–Crippen MR) is 134 cm³/mol. The highest BCUT2D eigenvalue weighted by atomic mass is 19.1. The number of halogens is 1. The Balaban J connectivity index is 1.74. The van der Waals surface area contributed by atoms with Gasteiger partial charge in [-0.05, 0) is 42.8 Å². The Morgan fingerprint density at radius 3 is 2.46 bits per heavy atom. The van der Waals surface area contributed by atoms with E-state index in [4.69, 9.17) is 9.47 Å². The molecule has 0 aliphatic carbocycles. The standard InChI is InChI=1S/C27H32FN3O4/c1-19-17-24(32)25(27(33)31(19)15-16-34-2)26(20-7-6-8-21(18-20)35-3)30-13-11-29(12-14-30)23-10-5-4-9-22(23)28/h4-10,17-18,26,32H,11-16H2,1-3H3. The molecule has 1 saturated heterocycles. The number of aromatic hydroxyl groups is 1. The first-order valence-corrected chi connectivity index (χ1v) is 11.7. The van der Waals surface area contributed by atoms with E-state index in [0.717, 1.165) is 5.56 Å². The lowest BCUT2D eigenvalue weighted by Gasteiger charge is -2.40. The summed E-state index contributed by atoms with van der Waals surface area (Å²) >= 11 is 0. The van der Waals surface area contributed by atoms with E-state index in [9.17, 15) is 14.3 Å². The number of pyridine rings is 1. The summed E-state index contributed by atoms with van der Waals surface area (Å²) in [6.45, 7) is 4.92. The number of methoxy groups -OCH3 is 2. The van der Waals surface area contributed by atoms with Crippen molar-refractivity contribution in [2.45, 2.75) is 19.5 Å². The average molecular weight is 482 g/mol. The van der Waals surface area contributed by atoms with E-state index in [1.165, 1.54) is 6.07 Å². The maximum Gasteiger partial charge on any atom is 0.259 e. The van der Waals surface area contributed by atoms with Gasteiger partial charge in [0.05, 0.1) is 31.0 Å². The quantitative estimate of drug-likeness (QED) is 0.531. The first-order chi connectivity index (χ1) is 16.9. The summed E-state index contributed by atoms with van der Waals surface area (Å²) in [5, 5.41) is 11.0. The fraction of sp³-hybridized carbons (Fsp3) is 0.370. The smallest absolute Gasteiger partial charge is 0.259 e. The number of para-hydroxylation sites is 1. The molecule has 0 saturated carbocycles. The molecule has 1 aliphatic rings. The summed E-state index contributed by atoms with van der Waals surface area (Å²) in [6, 6.07) is 15.5. The van der Waals surface area contributed by atoms with Crippen molar-refractivity contribution in [2.75, 3.05) is 51.9 Å². The zero-order chi connectivity index (χ0) is 24.9. The third-order valence-corrected chi connectivity index (χ3v) is 6.60. The molecular formula is C27H32FN3O4. The maximum atomic E-state index is 14.4. The zero-order valence-corrected chi connectivity index (χ0v) is 20.4. The Labute approximate surface area is 204 Å². The highest BCUT2D eigenvalue weighted by Crippen LogP contribution is 2.35. The largest absolute Gasteiger partial charge is 0.507 e. The fourth-order valence-electron chi connectivity index (χ4n) is 4.79. The lowest BCUT2D eigenvalue weighted by atomic mass is 9.95. The van der Waals surface area contributed by atoms with Crippen LogP contribution in [0.5, 0.6) is 11.5 Å². The molecule has 1 fully saturated rings. The van der Waals surface area contributed by atoms with Crippen LogP contribution < -0.4 is 15.2 Å². The third kappa shape index (κ3) is 5.18. The van der Waals surface area contributed by atoms with Gasteiger partial charge in [0.25, 0.3) is 5.56 Å². The summed E-state index contributed by atoms with van der Waals surface area (Å²) in [4.78, 5) is 17.9. The topological polar surface area (TPSA) is 67.2 Å². The summed E-state index contributed by atoms with van der Waals surface area (Å²) in [5.41, 5.74) is 2.16. The van der Waals surface area contributed by atoms with E-state index >= 15 is 0 Å². The van der Waals surface area contributed by atoms with E-state index in [1.807, 2.05) is 35.2 Å². The van der Waals surface area contributed by atoms with Crippen LogP contribution in [0.3, 0.4) is 0 Å². The van der Waals surface area contributed by atoms with E-state index in [-0.39, 0.29) is 17.1 Å². The lowest BCUT2D eigenvalue weighted by Crippen LogP contribution is -2.49. The van der Waals surface area contributed by atoms with Gasteiger partial charge in [-0.3, -0.25) is 9.69 Å². The van der Waals surface area contributed by atoms with Crippen molar-refractivity contribution in [2.24, 2.45) is 0 Å². The number of anilines is 1. The van der Waals surface area contributed by atoms with Gasteiger partial charge >= 0.3 is 0 Å². The van der Waals surface area contributed by atoms with Crippen molar-refractivity contribution in [3.63, 3.8) is 0 Å². The van der Waals surface area contributed by atoms with E-state index in [2.05, 4.69) is 4.90 Å². The van der Waals surface area contributed by atoms with Gasteiger partial charge in [-0.2, -0.15) is 0 Å². The van der Waals surface area contributed by atoms with E-state index in [1.54, 1.807) is 43.9 Å². The fourth-order valence-corrected chi connectivity index (χ4v) is 4.79. The van der Waals surface area contributed by atoms with Crippen molar-refractivity contribution in [3.8, 4) is 11.5 Å². The van der Waals surface area contributed by atoms with Crippen LogP contribution in [-0.4, -0.2) is 61.6 Å². The van der Waals surface area contributed by atoms with Gasteiger partial charge in [0.2, 0.25) is 0 Å². The monoisotopic (exact) mass is 481 g/mol. The molecule has 0 amide bonds. The Kier molecular flexibility index (Phi) is 7.73. The number of hydrogen-bond donors (Lipinski definition) is 1. The molecule has 1 aliphatic heterocycles. The Morgan fingerprint density at radius 1 is 1.03 bits per heavy atom. The number of nitrogens with zero attached hydrogens (tertiary/aromatic N) is 3. The molecule has 0 spiro atoms. The molecule has 7 nitrogen and oxygen atoms in total. The van der Waals surface area contributed by atoms with Crippen LogP contribution in [0, 0.1) is 12.7 Å². The number of ether oxygens (including phenoxy) is 2. The number of rotatable bonds is 8. The number of aromatic nitrogens is 1. The van der Waals surface area contributed by atoms with Crippen LogP contribution >= 0.6 is 0 Å². The van der Waals surface area contributed by atoms with Crippen LogP contribution in [0.25, 0.3) is 0 Å². The van der Waals surface area contributed by atoms with E-state index < -0.39 is 6.04 Å². The van der Waals surface area contributed by atoms with Gasteiger partial charge in [-0.25, -0.2) is 4.39 Å². The van der Waals surface area contributed by atoms with Crippen molar-refractivity contribution >= 4 is 5.69 Å². The molecule has 1 unspecified atom stereocenters. The summed E-state index contributed by atoms with van der Waals surface area (Å²) in [7, 11) is 3.19. The molecule has 1 N–H and O–H groups in total. The summed E-state index contributed by atoms with van der Waals surface area (Å²) in [6.07, 6.45) is 0. The minimum atomic E-state index is -0.491. The second-order valence-corrected chi connectivity index (χ2v) is 8.69. The lowest BCUT2D eigenvalue weighted by molar-refractivity contribution is 0.183. The van der Waals surface area contributed by atoms with Crippen LogP contribution in [-0.2, 0) is 11.3 Å². The Hall–Kier alpha value is -3.36. The van der Waals surface area contributed by atoms with Gasteiger partial charge in [0, 0.05) is 45.5 Å². The molecule has 35 heavy (non-hydrogen) atoms. The molecule has 186 valence electrons. The SMILES string of the molecule is COCCn1c(C)cc(O)c(C(c2cccc(OC)c2)N2CCN(c3ccccc3F)CC2)c1=O. The number of benzene rings is 2. The minimum Gasteiger partial charge on any atom is -0.507 e. The van der Waals surface area contributed by atoms with Crippen LogP contribution in [0.4, 0.5) is 10.1 Å². The van der Waals surface area contributed by atoms with Crippen molar-refractivity contribution in [3.05, 3.63) is 87.6 Å². The first-order valence-electron chi connectivity index (χ1n) is 11.7. The molecule has 3 aromatic rings. The highest BCUT2D eigenvalue weighted by molar-refractivity contribution is 5.48.